The minimum atomic E-state index is -5.06. The summed E-state index contributed by atoms with van der Waals surface area (Å²) in [6.07, 6.45) is -10.1. The van der Waals surface area contributed by atoms with Gasteiger partial charge < -0.3 is 14.7 Å². The summed E-state index contributed by atoms with van der Waals surface area (Å²) in [7, 11) is 3.41. The van der Waals surface area contributed by atoms with E-state index in [1.807, 2.05) is 0 Å². The summed E-state index contributed by atoms with van der Waals surface area (Å²) < 4.78 is 83.1. The molecule has 1 N–H and O–H groups in total. The fourth-order valence-electron chi connectivity index (χ4n) is 2.70. The second kappa shape index (κ2) is 6.98. The van der Waals surface area contributed by atoms with Gasteiger partial charge in [0.2, 0.25) is 0 Å². The molecular formula is C18H13F6N3O2. The molecule has 3 aromatic rings. The third kappa shape index (κ3) is 4.13. The van der Waals surface area contributed by atoms with Crippen LogP contribution >= 0.6 is 0 Å². The molecule has 0 spiro atoms. The third-order valence-electron chi connectivity index (χ3n) is 4.04. The molecule has 5 nitrogen and oxygen atoms in total. The quantitative estimate of drug-likeness (QED) is 0.597. The van der Waals surface area contributed by atoms with E-state index in [9.17, 15) is 31.1 Å². The van der Waals surface area contributed by atoms with Gasteiger partial charge in [-0.3, -0.25) is 4.79 Å². The summed E-state index contributed by atoms with van der Waals surface area (Å²) in [5.74, 6) is -1.31. The molecule has 1 heterocycles. The number of amides is 1. The van der Waals surface area contributed by atoms with E-state index in [0.29, 0.717) is 23.2 Å². The van der Waals surface area contributed by atoms with Gasteiger partial charge in [-0.2, -0.15) is 26.3 Å². The molecule has 0 unspecified atom stereocenters. The van der Waals surface area contributed by atoms with E-state index in [4.69, 9.17) is 4.52 Å². The van der Waals surface area contributed by atoms with Gasteiger partial charge in [-0.15, -0.1) is 0 Å². The number of benzene rings is 2. The van der Waals surface area contributed by atoms with Crippen molar-refractivity contribution in [1.82, 2.24) is 5.16 Å². The normalized spacial score (nSPS) is 12.3. The van der Waals surface area contributed by atoms with Crippen LogP contribution in [0.1, 0.15) is 21.5 Å². The Labute approximate surface area is 159 Å². The monoisotopic (exact) mass is 417 g/mol. The first-order chi connectivity index (χ1) is 13.4. The molecule has 11 heteroatoms. The van der Waals surface area contributed by atoms with Crippen LogP contribution < -0.4 is 10.2 Å². The lowest BCUT2D eigenvalue weighted by atomic mass is 10.0. The van der Waals surface area contributed by atoms with Crippen LogP contribution in [0.2, 0.25) is 0 Å². The van der Waals surface area contributed by atoms with Crippen molar-refractivity contribution in [2.24, 2.45) is 0 Å². The van der Waals surface area contributed by atoms with Gasteiger partial charge in [0.05, 0.1) is 22.2 Å². The summed E-state index contributed by atoms with van der Waals surface area (Å²) in [6, 6.07) is 5.54. The number of halogens is 6. The van der Waals surface area contributed by atoms with E-state index in [2.05, 4.69) is 10.5 Å². The number of hydrogen-bond acceptors (Lipinski definition) is 4. The Morgan fingerprint density at radius 2 is 1.59 bits per heavy atom. The fraction of sp³-hybridized carbons (Fsp3) is 0.222. The lowest BCUT2D eigenvalue weighted by Gasteiger charge is -2.15. The van der Waals surface area contributed by atoms with E-state index in [0.717, 1.165) is 0 Å². The van der Waals surface area contributed by atoms with Gasteiger partial charge in [-0.05, 0) is 30.3 Å². The van der Waals surface area contributed by atoms with Gasteiger partial charge in [0.15, 0.2) is 11.4 Å². The molecule has 0 aliphatic carbocycles. The molecule has 0 saturated heterocycles. The second-order valence-electron chi connectivity index (χ2n) is 6.32. The molecule has 3 rings (SSSR count). The number of carbonyl (C=O) groups excluding carboxylic acids is 1. The number of aromatic nitrogens is 1. The Morgan fingerprint density at radius 3 is 2.10 bits per heavy atom. The van der Waals surface area contributed by atoms with E-state index in [1.165, 1.54) is 0 Å². The van der Waals surface area contributed by atoms with Crippen molar-refractivity contribution in [3.63, 3.8) is 0 Å². The van der Waals surface area contributed by atoms with Crippen LogP contribution in [0.15, 0.2) is 40.9 Å². The minimum Gasteiger partial charge on any atom is -0.377 e. The number of alkyl halides is 6. The Kier molecular flexibility index (Phi) is 4.93. The Hall–Kier alpha value is -3.24. The smallest absolute Gasteiger partial charge is 0.377 e. The summed E-state index contributed by atoms with van der Waals surface area (Å²) in [5.41, 5.74) is -3.12. The summed E-state index contributed by atoms with van der Waals surface area (Å²) >= 11 is 0. The van der Waals surface area contributed by atoms with Crippen LogP contribution in [0.3, 0.4) is 0 Å². The van der Waals surface area contributed by atoms with E-state index in [1.54, 1.807) is 37.2 Å². The average molecular weight is 417 g/mol. The lowest BCUT2D eigenvalue weighted by molar-refractivity contribution is -0.143. The maximum Gasteiger partial charge on any atom is 0.416 e. The number of carbonyl (C=O) groups is 1. The summed E-state index contributed by atoms with van der Waals surface area (Å²) in [4.78, 5) is 14.1. The highest BCUT2D eigenvalue weighted by molar-refractivity contribution is 6.10. The molecule has 0 atom stereocenters. The number of nitrogens with one attached hydrogen (secondary N) is 1. The molecule has 2 aromatic carbocycles. The lowest BCUT2D eigenvalue weighted by Crippen LogP contribution is -2.17. The van der Waals surface area contributed by atoms with Crippen molar-refractivity contribution in [3.05, 3.63) is 53.1 Å². The van der Waals surface area contributed by atoms with Crippen LogP contribution in [0.25, 0.3) is 11.0 Å². The first-order valence-corrected chi connectivity index (χ1v) is 8.04. The van der Waals surface area contributed by atoms with E-state index < -0.39 is 35.0 Å². The Balaban J connectivity index is 2.05. The highest BCUT2D eigenvalue weighted by Crippen LogP contribution is 2.37. The number of nitrogens with zero attached hydrogens (tertiary/aromatic N) is 2. The molecular weight excluding hydrogens is 404 g/mol. The van der Waals surface area contributed by atoms with Crippen molar-refractivity contribution in [2.45, 2.75) is 12.4 Å². The summed E-state index contributed by atoms with van der Waals surface area (Å²) in [5, 5.41) is 6.25. The molecule has 1 amide bonds. The first kappa shape index (κ1) is 20.5. The maximum absolute atomic E-state index is 13.0. The van der Waals surface area contributed by atoms with Gasteiger partial charge in [0.1, 0.15) is 0 Å². The molecule has 0 aliphatic heterocycles. The molecule has 0 saturated carbocycles. The van der Waals surface area contributed by atoms with Crippen LogP contribution in [0.5, 0.6) is 0 Å². The van der Waals surface area contributed by atoms with Crippen LogP contribution in [0, 0.1) is 0 Å². The molecule has 29 heavy (non-hydrogen) atoms. The van der Waals surface area contributed by atoms with Gasteiger partial charge in [0.25, 0.3) is 5.91 Å². The minimum absolute atomic E-state index is 0.0492. The topological polar surface area (TPSA) is 58.4 Å². The fourth-order valence-corrected chi connectivity index (χ4v) is 2.70. The first-order valence-electron chi connectivity index (χ1n) is 8.04. The van der Waals surface area contributed by atoms with Crippen molar-refractivity contribution in [1.29, 1.82) is 0 Å². The zero-order valence-corrected chi connectivity index (χ0v) is 14.9. The maximum atomic E-state index is 13.0. The zero-order chi connectivity index (χ0) is 21.6. The largest absolute Gasteiger partial charge is 0.416 e. The predicted octanol–water partition coefficient (Wildman–Crippen LogP) is 5.18. The molecule has 1 aromatic heterocycles. The van der Waals surface area contributed by atoms with Gasteiger partial charge in [0, 0.05) is 19.7 Å². The van der Waals surface area contributed by atoms with Crippen molar-refractivity contribution in [2.75, 3.05) is 24.3 Å². The van der Waals surface area contributed by atoms with Crippen LogP contribution in [0.4, 0.5) is 37.8 Å². The highest BCUT2D eigenvalue weighted by Gasteiger charge is 2.37. The molecule has 0 fully saturated rings. The third-order valence-corrected chi connectivity index (χ3v) is 4.04. The van der Waals surface area contributed by atoms with Crippen molar-refractivity contribution >= 4 is 28.4 Å². The van der Waals surface area contributed by atoms with Gasteiger partial charge >= 0.3 is 12.4 Å². The van der Waals surface area contributed by atoms with E-state index >= 15 is 0 Å². The summed E-state index contributed by atoms with van der Waals surface area (Å²) in [6.45, 7) is 0. The SMILES string of the molecule is CN(C)c1cccc2onc(NC(=O)c3cc(C(F)(F)F)cc(C(F)(F)F)c3)c12. The van der Waals surface area contributed by atoms with Crippen LogP contribution in [-0.4, -0.2) is 25.2 Å². The number of fused-ring (bicyclic) bond motifs is 1. The van der Waals surface area contributed by atoms with Crippen molar-refractivity contribution in [3.8, 4) is 0 Å². The molecule has 0 radical (unpaired) electrons. The molecule has 0 bridgehead atoms. The van der Waals surface area contributed by atoms with Crippen LogP contribution in [-0.2, 0) is 12.4 Å². The molecule has 154 valence electrons. The average Bonchev–Trinajstić information content (AvgIpc) is 3.02. The predicted molar refractivity (Wildman–Crippen MR) is 92.7 cm³/mol. The number of rotatable bonds is 3. The highest BCUT2D eigenvalue weighted by atomic mass is 19.4. The Bertz CT molecular complexity index is 1040. The van der Waals surface area contributed by atoms with Crippen molar-refractivity contribution < 1.29 is 35.7 Å². The second-order valence-corrected chi connectivity index (χ2v) is 6.32. The zero-order valence-electron chi connectivity index (χ0n) is 14.9. The Morgan fingerprint density at radius 1 is 1.00 bits per heavy atom. The standard InChI is InChI=1S/C18H13F6N3O2/c1-27(2)12-4-3-5-13-14(12)15(26-29-13)25-16(28)9-6-10(17(19,20)21)8-11(7-9)18(22,23)24/h3-8H,1-2H3,(H,25,26,28). The van der Waals surface area contributed by atoms with Gasteiger partial charge in [-0.25, -0.2) is 0 Å². The number of hydrogen-bond donors (Lipinski definition) is 1. The van der Waals surface area contributed by atoms with E-state index in [-0.39, 0.29) is 17.5 Å². The van der Waals surface area contributed by atoms with Gasteiger partial charge in [-0.1, -0.05) is 11.2 Å². The molecule has 0 aliphatic rings. The number of anilines is 2.